The van der Waals surface area contributed by atoms with E-state index >= 15 is 0 Å². The Bertz CT molecular complexity index is 1160. The van der Waals surface area contributed by atoms with E-state index in [0.29, 0.717) is 12.1 Å². The maximum Gasteiger partial charge on any atom is 0.225 e. The summed E-state index contributed by atoms with van der Waals surface area (Å²) in [5, 5.41) is 3.42. The third-order valence-electron chi connectivity index (χ3n) is 8.53. The molecule has 6 heteroatoms. The molecule has 0 radical (unpaired) electrons. The lowest BCUT2D eigenvalue weighted by Gasteiger charge is -2.36. The highest BCUT2D eigenvalue weighted by atomic mass is 16.2. The molecule has 1 aliphatic carbocycles. The van der Waals surface area contributed by atoms with Crippen LogP contribution in [0.2, 0.25) is 0 Å². The summed E-state index contributed by atoms with van der Waals surface area (Å²) in [5.41, 5.74) is 3.69. The monoisotopic (exact) mass is 485 g/mol. The Kier molecular flexibility index (Phi) is 6.95. The van der Waals surface area contributed by atoms with E-state index in [1.54, 1.807) is 0 Å². The number of hydrogen-bond donors (Lipinski definition) is 1. The zero-order valence-electron chi connectivity index (χ0n) is 21.3. The van der Waals surface area contributed by atoms with Crippen LogP contribution in [-0.4, -0.2) is 52.6 Å². The first-order chi connectivity index (χ1) is 17.7. The molecule has 0 bridgehead atoms. The highest BCUT2D eigenvalue weighted by Crippen LogP contribution is 2.37. The van der Waals surface area contributed by atoms with Crippen molar-refractivity contribution in [3.63, 3.8) is 0 Å². The van der Waals surface area contributed by atoms with Gasteiger partial charge in [-0.15, -0.1) is 0 Å². The second-order valence-corrected chi connectivity index (χ2v) is 11.0. The number of fused-ring (bicyclic) bond motifs is 1. The first-order valence-electron chi connectivity index (χ1n) is 14.0. The minimum atomic E-state index is 0.0398. The van der Waals surface area contributed by atoms with Gasteiger partial charge in [-0.2, -0.15) is 0 Å². The molecule has 3 aliphatic rings. The van der Waals surface area contributed by atoms with Crippen molar-refractivity contribution in [2.45, 2.75) is 70.0 Å². The average Bonchev–Trinajstić information content (AvgIpc) is 3.58. The van der Waals surface area contributed by atoms with Gasteiger partial charge >= 0.3 is 0 Å². The lowest BCUT2D eigenvalue weighted by Crippen LogP contribution is -2.49. The smallest absolute Gasteiger partial charge is 0.225 e. The number of likely N-dealkylation sites (tertiary alicyclic amines) is 1. The number of hydrogen-bond acceptors (Lipinski definition) is 4. The van der Waals surface area contributed by atoms with Gasteiger partial charge in [0.2, 0.25) is 11.9 Å². The zero-order valence-corrected chi connectivity index (χ0v) is 21.3. The van der Waals surface area contributed by atoms with Crippen molar-refractivity contribution in [1.29, 1.82) is 0 Å². The summed E-state index contributed by atoms with van der Waals surface area (Å²) >= 11 is 0. The molecule has 1 N–H and O–H groups in total. The molecule has 0 spiro atoms. The van der Waals surface area contributed by atoms with Crippen molar-refractivity contribution in [2.24, 2.45) is 5.92 Å². The number of anilines is 1. The van der Waals surface area contributed by atoms with Gasteiger partial charge in [0.1, 0.15) is 0 Å². The van der Waals surface area contributed by atoms with Gasteiger partial charge in [-0.1, -0.05) is 55.3 Å². The second-order valence-electron chi connectivity index (χ2n) is 11.0. The molecule has 2 aliphatic heterocycles. The van der Waals surface area contributed by atoms with Crippen molar-refractivity contribution in [3.05, 3.63) is 60.2 Å². The van der Waals surface area contributed by atoms with E-state index in [2.05, 4.69) is 74.3 Å². The Morgan fingerprint density at radius 2 is 1.61 bits per heavy atom. The van der Waals surface area contributed by atoms with Gasteiger partial charge in [0, 0.05) is 44.8 Å². The summed E-state index contributed by atoms with van der Waals surface area (Å²) in [7, 11) is 0. The maximum atomic E-state index is 13.4. The molecule has 1 atom stereocenters. The highest BCUT2D eigenvalue weighted by Gasteiger charge is 2.32. The number of carbonyl (C=O) groups is 1. The molecule has 1 aromatic heterocycles. The Labute approximate surface area is 214 Å². The topological polar surface area (TPSA) is 53.4 Å². The number of amides is 1. The fourth-order valence-corrected chi connectivity index (χ4v) is 6.55. The molecule has 1 saturated carbocycles. The summed E-state index contributed by atoms with van der Waals surface area (Å²) in [4.78, 5) is 23.3. The predicted octanol–water partition coefficient (Wildman–Crippen LogP) is 5.15. The number of rotatable bonds is 6. The van der Waals surface area contributed by atoms with E-state index in [1.165, 1.54) is 36.8 Å². The van der Waals surface area contributed by atoms with E-state index < -0.39 is 0 Å². The Morgan fingerprint density at radius 1 is 0.861 bits per heavy atom. The Balaban J connectivity index is 1.08. The molecule has 6 rings (SSSR count). The first kappa shape index (κ1) is 23.5. The third-order valence-corrected chi connectivity index (χ3v) is 8.53. The largest absolute Gasteiger partial charge is 0.353 e. The fraction of sp³-hybridized carbons (Fsp3) is 0.533. The van der Waals surface area contributed by atoms with Crippen LogP contribution in [0.25, 0.3) is 11.0 Å². The van der Waals surface area contributed by atoms with Gasteiger partial charge in [0.05, 0.1) is 17.0 Å². The molecule has 2 saturated heterocycles. The van der Waals surface area contributed by atoms with E-state index in [1.807, 2.05) is 0 Å². The fourth-order valence-electron chi connectivity index (χ4n) is 6.55. The Hall–Kier alpha value is -2.86. The van der Waals surface area contributed by atoms with Crippen LogP contribution in [0.3, 0.4) is 0 Å². The van der Waals surface area contributed by atoms with Crippen LogP contribution in [0, 0.1) is 5.92 Å². The molecule has 6 nitrogen and oxygen atoms in total. The third kappa shape index (κ3) is 5.01. The van der Waals surface area contributed by atoms with E-state index in [-0.39, 0.29) is 11.8 Å². The van der Waals surface area contributed by atoms with Gasteiger partial charge in [-0.05, 0) is 56.2 Å². The molecular formula is C30H39N5O. The van der Waals surface area contributed by atoms with E-state index in [9.17, 15) is 4.79 Å². The summed E-state index contributed by atoms with van der Waals surface area (Å²) in [6.45, 7) is 4.84. The van der Waals surface area contributed by atoms with E-state index in [4.69, 9.17) is 4.98 Å². The number of para-hydroxylation sites is 2. The molecule has 36 heavy (non-hydrogen) atoms. The number of nitrogens with zero attached hydrogens (tertiary/aromatic N) is 4. The Morgan fingerprint density at radius 3 is 2.42 bits per heavy atom. The zero-order chi connectivity index (χ0) is 24.3. The molecule has 3 aromatic rings. The number of benzene rings is 2. The van der Waals surface area contributed by atoms with Crippen molar-refractivity contribution >= 4 is 22.9 Å². The van der Waals surface area contributed by atoms with Gasteiger partial charge in [0.15, 0.2) is 0 Å². The van der Waals surface area contributed by atoms with E-state index in [0.717, 1.165) is 69.9 Å². The van der Waals surface area contributed by atoms with Gasteiger partial charge < -0.3 is 14.8 Å². The number of piperidine rings is 2. The van der Waals surface area contributed by atoms with Gasteiger partial charge in [-0.25, -0.2) is 4.98 Å². The van der Waals surface area contributed by atoms with Crippen LogP contribution in [0.15, 0.2) is 54.6 Å². The average molecular weight is 486 g/mol. The molecular weight excluding hydrogens is 446 g/mol. The summed E-state index contributed by atoms with van der Waals surface area (Å²) < 4.78 is 2.49. The number of imidazole rings is 1. The predicted molar refractivity (Wildman–Crippen MR) is 145 cm³/mol. The van der Waals surface area contributed by atoms with Crippen LogP contribution in [0.1, 0.15) is 63.0 Å². The molecule has 2 aromatic carbocycles. The van der Waals surface area contributed by atoms with Crippen molar-refractivity contribution in [1.82, 2.24) is 19.8 Å². The molecule has 1 amide bonds. The van der Waals surface area contributed by atoms with Crippen molar-refractivity contribution in [2.75, 3.05) is 31.1 Å². The van der Waals surface area contributed by atoms with Crippen molar-refractivity contribution in [3.8, 4) is 0 Å². The normalized spacial score (nSPS) is 22.3. The molecule has 0 unspecified atom stereocenters. The van der Waals surface area contributed by atoms with Gasteiger partial charge in [-0.3, -0.25) is 9.69 Å². The molecule has 3 heterocycles. The summed E-state index contributed by atoms with van der Waals surface area (Å²) in [6, 6.07) is 20.1. The number of nitrogens with one attached hydrogen (secondary N) is 1. The lowest BCUT2D eigenvalue weighted by molar-refractivity contribution is -0.126. The molecule has 190 valence electrons. The lowest BCUT2D eigenvalue weighted by atomic mass is 9.96. The van der Waals surface area contributed by atoms with Gasteiger partial charge in [0.25, 0.3) is 0 Å². The number of aromatic nitrogens is 2. The quantitative estimate of drug-likeness (QED) is 0.525. The van der Waals surface area contributed by atoms with Crippen LogP contribution in [0.4, 0.5) is 5.95 Å². The standard InChI is InChI=1S/C30H39N5O/c36-29(31-25-16-19-33(20-17-25)21-23-9-2-1-3-10-23)24-11-8-18-34(22-24)30-32-27-14-6-7-15-28(27)35(30)26-12-4-5-13-26/h1-3,6-7,9-10,14-15,24-26H,4-5,8,11-13,16-22H2,(H,31,36)/t24-/m0/s1. The molecule has 3 fully saturated rings. The summed E-state index contributed by atoms with van der Waals surface area (Å²) in [6.07, 6.45) is 9.14. The van der Waals surface area contributed by atoms with Crippen LogP contribution >= 0.6 is 0 Å². The number of carbonyl (C=O) groups excluding carboxylic acids is 1. The van der Waals surface area contributed by atoms with Crippen molar-refractivity contribution < 1.29 is 4.79 Å². The minimum absolute atomic E-state index is 0.0398. The summed E-state index contributed by atoms with van der Waals surface area (Å²) in [5.74, 6) is 1.36. The highest BCUT2D eigenvalue weighted by molar-refractivity contribution is 5.81. The first-order valence-corrected chi connectivity index (χ1v) is 14.0. The van der Waals surface area contributed by atoms with Crippen LogP contribution in [0.5, 0.6) is 0 Å². The SMILES string of the molecule is O=C(NC1CCN(Cc2ccccc2)CC1)[C@H]1CCCN(c2nc3ccccc3n2C2CCCC2)C1. The van der Waals surface area contributed by atoms with Crippen LogP contribution in [-0.2, 0) is 11.3 Å². The van der Waals surface area contributed by atoms with Crippen LogP contribution < -0.4 is 10.2 Å². The minimum Gasteiger partial charge on any atom is -0.353 e. The second kappa shape index (κ2) is 10.6. The maximum absolute atomic E-state index is 13.4.